The van der Waals surface area contributed by atoms with Gasteiger partial charge in [-0.2, -0.15) is 0 Å². The van der Waals surface area contributed by atoms with E-state index in [-0.39, 0.29) is 19.1 Å². The summed E-state index contributed by atoms with van der Waals surface area (Å²) in [6.07, 6.45) is 0. The lowest BCUT2D eigenvalue weighted by Gasteiger charge is -2.08. The third kappa shape index (κ3) is 2.45. The number of aryl methyl sites for hydroxylation is 1. The first-order chi connectivity index (χ1) is 10.6. The Morgan fingerprint density at radius 3 is 2.95 bits per heavy atom. The van der Waals surface area contributed by atoms with E-state index < -0.39 is 5.97 Å². The Kier molecular flexibility index (Phi) is 3.62. The van der Waals surface area contributed by atoms with E-state index in [0.717, 1.165) is 11.3 Å². The number of nitrogen functional groups attached to an aromatic ring is 1. The molecule has 7 heteroatoms. The van der Waals surface area contributed by atoms with Crippen molar-refractivity contribution in [3.63, 3.8) is 0 Å². The second-order valence-corrected chi connectivity index (χ2v) is 4.89. The number of hydrogen-bond acceptors (Lipinski definition) is 6. The van der Waals surface area contributed by atoms with E-state index in [0.29, 0.717) is 23.9 Å². The minimum absolute atomic E-state index is 0.153. The fourth-order valence-electron chi connectivity index (χ4n) is 2.35. The summed E-state index contributed by atoms with van der Waals surface area (Å²) in [5, 5.41) is 0. The topological polar surface area (TPSA) is 88.6 Å². The van der Waals surface area contributed by atoms with E-state index in [9.17, 15) is 4.79 Å². The van der Waals surface area contributed by atoms with E-state index in [1.807, 2.05) is 18.2 Å². The molecule has 7 nitrogen and oxygen atoms in total. The number of imidazole rings is 1. The Morgan fingerprint density at radius 1 is 1.41 bits per heavy atom. The Morgan fingerprint density at radius 2 is 2.18 bits per heavy atom. The Hall–Kier alpha value is -2.70. The Balaban J connectivity index is 1.88. The average molecular weight is 303 g/mol. The summed E-state index contributed by atoms with van der Waals surface area (Å²) < 4.78 is 17.4. The molecule has 3 rings (SSSR count). The monoisotopic (exact) mass is 303 g/mol. The number of aromatic nitrogens is 2. The van der Waals surface area contributed by atoms with Crippen LogP contribution in [0.1, 0.15) is 28.8 Å². The van der Waals surface area contributed by atoms with Gasteiger partial charge in [-0.05, 0) is 31.5 Å². The average Bonchev–Trinajstić information content (AvgIpc) is 3.06. The largest absolute Gasteiger partial charge is 0.461 e. The van der Waals surface area contributed by atoms with Crippen molar-refractivity contribution in [3.8, 4) is 11.5 Å². The maximum atomic E-state index is 11.8. The summed E-state index contributed by atoms with van der Waals surface area (Å²) >= 11 is 0. The number of nitrogens with two attached hydrogens (primary N) is 1. The number of nitrogens with zero attached hydrogens (tertiary/aromatic N) is 2. The van der Waals surface area contributed by atoms with E-state index in [4.69, 9.17) is 19.9 Å². The summed E-state index contributed by atoms with van der Waals surface area (Å²) in [5.74, 6) is 1.88. The fourth-order valence-corrected chi connectivity index (χ4v) is 2.35. The minimum atomic E-state index is -0.507. The molecule has 116 valence electrons. The summed E-state index contributed by atoms with van der Waals surface area (Å²) in [7, 11) is 0. The Labute approximate surface area is 127 Å². The molecule has 2 aromatic rings. The number of hydrogen-bond donors (Lipinski definition) is 1. The highest BCUT2D eigenvalue weighted by Gasteiger charge is 2.20. The molecule has 1 aromatic heterocycles. The highest BCUT2D eigenvalue weighted by atomic mass is 16.7. The van der Waals surface area contributed by atoms with Gasteiger partial charge in [0.2, 0.25) is 6.79 Å². The van der Waals surface area contributed by atoms with E-state index >= 15 is 0 Å². The lowest BCUT2D eigenvalue weighted by atomic mass is 10.2. The smallest absolute Gasteiger partial charge is 0.360 e. The number of benzene rings is 1. The van der Waals surface area contributed by atoms with Crippen LogP contribution in [0.15, 0.2) is 18.2 Å². The van der Waals surface area contributed by atoms with Crippen LogP contribution in [0.5, 0.6) is 11.5 Å². The van der Waals surface area contributed by atoms with Crippen molar-refractivity contribution in [1.82, 2.24) is 9.55 Å². The number of carbonyl (C=O) groups is 1. The summed E-state index contributed by atoms with van der Waals surface area (Å²) in [5.41, 5.74) is 7.17. The predicted octanol–water partition coefficient (Wildman–Crippen LogP) is 1.73. The number of esters is 1. The van der Waals surface area contributed by atoms with Crippen molar-refractivity contribution in [3.05, 3.63) is 35.3 Å². The molecule has 0 amide bonds. The lowest BCUT2D eigenvalue weighted by Crippen LogP contribution is -2.10. The van der Waals surface area contributed by atoms with Gasteiger partial charge in [-0.25, -0.2) is 9.78 Å². The van der Waals surface area contributed by atoms with Crippen molar-refractivity contribution in [2.24, 2.45) is 0 Å². The molecule has 0 saturated carbocycles. The quantitative estimate of drug-likeness (QED) is 0.865. The zero-order valence-electron chi connectivity index (χ0n) is 12.5. The number of ether oxygens (including phenoxy) is 3. The number of fused-ring (bicyclic) bond motifs is 1. The van der Waals surface area contributed by atoms with Gasteiger partial charge in [0.05, 0.1) is 13.2 Å². The molecule has 0 atom stereocenters. The lowest BCUT2D eigenvalue weighted by molar-refractivity contribution is 0.0521. The van der Waals surface area contributed by atoms with Crippen molar-refractivity contribution < 1.29 is 19.0 Å². The maximum Gasteiger partial charge on any atom is 0.360 e. The first-order valence-electron chi connectivity index (χ1n) is 6.98. The van der Waals surface area contributed by atoms with Crippen molar-refractivity contribution in [1.29, 1.82) is 0 Å². The van der Waals surface area contributed by atoms with Gasteiger partial charge in [0.15, 0.2) is 17.2 Å². The highest BCUT2D eigenvalue weighted by Crippen LogP contribution is 2.33. The van der Waals surface area contributed by atoms with Crippen LogP contribution in [0.3, 0.4) is 0 Å². The van der Waals surface area contributed by atoms with Gasteiger partial charge in [-0.15, -0.1) is 0 Å². The van der Waals surface area contributed by atoms with Gasteiger partial charge in [-0.1, -0.05) is 6.07 Å². The minimum Gasteiger partial charge on any atom is -0.461 e. The molecule has 0 saturated heterocycles. The van der Waals surface area contributed by atoms with Crippen molar-refractivity contribution >= 4 is 11.8 Å². The molecule has 2 heterocycles. The van der Waals surface area contributed by atoms with Crippen LogP contribution in [0.2, 0.25) is 0 Å². The third-order valence-electron chi connectivity index (χ3n) is 3.44. The SMILES string of the molecule is CCOC(=O)c1nc(C)n(Cc2ccc3c(c2)OCO3)c1N. The van der Waals surface area contributed by atoms with Crippen LogP contribution in [0.25, 0.3) is 0 Å². The molecule has 0 radical (unpaired) electrons. The van der Waals surface area contributed by atoms with Crippen LogP contribution >= 0.6 is 0 Å². The molecule has 2 N–H and O–H groups in total. The molecule has 1 aromatic carbocycles. The van der Waals surface area contributed by atoms with Crippen LogP contribution in [-0.2, 0) is 11.3 Å². The normalized spacial score (nSPS) is 12.5. The molecule has 0 fully saturated rings. The Bertz CT molecular complexity index is 724. The van der Waals surface area contributed by atoms with Gasteiger partial charge in [0.25, 0.3) is 0 Å². The molecule has 0 aliphatic carbocycles. The van der Waals surface area contributed by atoms with Gasteiger partial charge in [0.1, 0.15) is 11.6 Å². The molecule has 0 unspecified atom stereocenters. The second kappa shape index (κ2) is 5.59. The van der Waals surface area contributed by atoms with Crippen LogP contribution < -0.4 is 15.2 Å². The zero-order chi connectivity index (χ0) is 15.7. The number of anilines is 1. The van der Waals surface area contributed by atoms with Gasteiger partial charge < -0.3 is 24.5 Å². The molecule has 22 heavy (non-hydrogen) atoms. The molecular formula is C15H17N3O4. The molecular weight excluding hydrogens is 286 g/mol. The first-order valence-corrected chi connectivity index (χ1v) is 6.98. The van der Waals surface area contributed by atoms with E-state index in [1.165, 1.54) is 0 Å². The predicted molar refractivity (Wildman–Crippen MR) is 79.0 cm³/mol. The van der Waals surface area contributed by atoms with Crippen molar-refractivity contribution in [2.45, 2.75) is 20.4 Å². The summed E-state index contributed by atoms with van der Waals surface area (Å²) in [6.45, 7) is 4.54. The standard InChI is InChI=1S/C15H17N3O4/c1-3-20-15(19)13-14(16)18(9(2)17-13)7-10-4-5-11-12(6-10)22-8-21-11/h4-6H,3,7-8,16H2,1-2H3. The zero-order valence-corrected chi connectivity index (χ0v) is 12.5. The third-order valence-corrected chi connectivity index (χ3v) is 3.44. The number of rotatable bonds is 4. The molecule has 1 aliphatic rings. The van der Waals surface area contributed by atoms with Gasteiger partial charge in [-0.3, -0.25) is 0 Å². The van der Waals surface area contributed by atoms with E-state index in [2.05, 4.69) is 4.98 Å². The van der Waals surface area contributed by atoms with E-state index in [1.54, 1.807) is 18.4 Å². The highest BCUT2D eigenvalue weighted by molar-refractivity contribution is 5.92. The molecule has 1 aliphatic heterocycles. The summed E-state index contributed by atoms with van der Waals surface area (Å²) in [6, 6.07) is 5.67. The fraction of sp³-hybridized carbons (Fsp3) is 0.333. The number of carbonyl (C=O) groups excluding carboxylic acids is 1. The van der Waals surface area contributed by atoms with Crippen LogP contribution in [-0.4, -0.2) is 28.9 Å². The summed E-state index contributed by atoms with van der Waals surface area (Å²) in [4.78, 5) is 16.0. The molecule has 0 spiro atoms. The maximum absolute atomic E-state index is 11.8. The van der Waals surface area contributed by atoms with Gasteiger partial charge in [0, 0.05) is 0 Å². The molecule has 0 bridgehead atoms. The first kappa shape index (κ1) is 14.2. The van der Waals surface area contributed by atoms with Crippen LogP contribution in [0, 0.1) is 6.92 Å². The van der Waals surface area contributed by atoms with Crippen LogP contribution in [0.4, 0.5) is 5.82 Å². The van der Waals surface area contributed by atoms with Gasteiger partial charge >= 0.3 is 5.97 Å². The second-order valence-electron chi connectivity index (χ2n) is 4.89. The van der Waals surface area contributed by atoms with Crippen molar-refractivity contribution in [2.75, 3.05) is 19.1 Å².